The van der Waals surface area contributed by atoms with Gasteiger partial charge < -0.3 is 14.5 Å². The zero-order chi connectivity index (χ0) is 19.1. The van der Waals surface area contributed by atoms with E-state index in [2.05, 4.69) is 10.4 Å². The largest absolute Gasteiger partial charge is 0.449 e. The lowest BCUT2D eigenvalue weighted by Crippen LogP contribution is -2.42. The first-order valence-corrected chi connectivity index (χ1v) is 8.65. The molecule has 1 aromatic heterocycles. The number of hydrogen-bond donors (Lipinski definition) is 1. The summed E-state index contributed by atoms with van der Waals surface area (Å²) in [6, 6.07) is -0.856. The molecule has 0 aliphatic rings. The molecule has 1 N–H and O–H groups in total. The molecule has 0 aliphatic heterocycles. The van der Waals surface area contributed by atoms with Crippen LogP contribution in [0.15, 0.2) is 9.21 Å². The third-order valence-corrected chi connectivity index (χ3v) is 3.22. The van der Waals surface area contributed by atoms with Crippen molar-refractivity contribution in [1.29, 1.82) is 0 Å². The van der Waals surface area contributed by atoms with Gasteiger partial charge in [-0.1, -0.05) is 41.5 Å². The van der Waals surface area contributed by atoms with Gasteiger partial charge in [-0.05, 0) is 24.2 Å². The molecule has 1 heterocycles. The Balaban J connectivity index is 2.89. The molecular formula is C17H29N3O5. The molecule has 1 atom stereocenters. The van der Waals surface area contributed by atoms with Gasteiger partial charge in [0, 0.05) is 0 Å². The van der Waals surface area contributed by atoms with Gasteiger partial charge in [0.25, 0.3) is 5.89 Å². The highest BCUT2D eigenvalue weighted by Gasteiger charge is 2.28. The Kier molecular flexibility index (Phi) is 7.86. The fraction of sp³-hybridized carbons (Fsp3) is 0.765. The van der Waals surface area contributed by atoms with Crippen molar-refractivity contribution < 1.29 is 18.7 Å². The topological polar surface area (TPSA) is 103 Å². The van der Waals surface area contributed by atoms with Gasteiger partial charge in [0.05, 0.1) is 13.2 Å². The summed E-state index contributed by atoms with van der Waals surface area (Å²) in [7, 11) is 0. The van der Waals surface area contributed by atoms with E-state index in [1.165, 1.54) is 0 Å². The van der Waals surface area contributed by atoms with Gasteiger partial charge in [0.2, 0.25) is 5.78 Å². The SMILES string of the molecule is CC(C)COC(=O)NC(CC(C)C)C(=O)c1nn(CC(C)C)c(=O)o1. The minimum absolute atomic E-state index is 0.142. The predicted molar refractivity (Wildman–Crippen MR) is 92.5 cm³/mol. The van der Waals surface area contributed by atoms with Crippen LogP contribution in [0.1, 0.15) is 58.6 Å². The molecule has 1 rings (SSSR count). The van der Waals surface area contributed by atoms with Crippen molar-refractivity contribution in [1.82, 2.24) is 15.1 Å². The number of amides is 1. The normalized spacial score (nSPS) is 12.7. The average molecular weight is 355 g/mol. The summed E-state index contributed by atoms with van der Waals surface area (Å²) in [5.41, 5.74) is 0. The molecule has 1 unspecified atom stereocenters. The molecule has 0 bridgehead atoms. The molecule has 142 valence electrons. The van der Waals surface area contributed by atoms with Crippen LogP contribution < -0.4 is 11.1 Å². The van der Waals surface area contributed by atoms with Crippen LogP contribution in [0.3, 0.4) is 0 Å². The number of aromatic nitrogens is 2. The van der Waals surface area contributed by atoms with Crippen molar-refractivity contribution in [3.63, 3.8) is 0 Å². The van der Waals surface area contributed by atoms with Crippen molar-refractivity contribution in [2.75, 3.05) is 6.61 Å². The number of rotatable bonds is 9. The van der Waals surface area contributed by atoms with Crippen LogP contribution >= 0.6 is 0 Å². The molecule has 0 aromatic carbocycles. The predicted octanol–water partition coefficient (Wildman–Crippen LogP) is 2.47. The standard InChI is InChI=1S/C17H29N3O5/c1-10(2)7-13(18-16(22)24-9-12(5)6)14(21)15-19-20(8-11(3)4)17(23)25-15/h10-13H,7-9H2,1-6H3,(H,18,22). The minimum Gasteiger partial charge on any atom is -0.449 e. The van der Waals surface area contributed by atoms with E-state index in [0.717, 1.165) is 4.68 Å². The van der Waals surface area contributed by atoms with Crippen molar-refractivity contribution in [3.05, 3.63) is 16.4 Å². The Hall–Kier alpha value is -2.12. The fourth-order valence-electron chi connectivity index (χ4n) is 2.15. The number of Topliss-reactive ketones (excluding diaryl/α,β-unsaturated/α-hetero) is 1. The van der Waals surface area contributed by atoms with Gasteiger partial charge in [-0.15, -0.1) is 5.10 Å². The molecule has 0 fully saturated rings. The molecule has 0 saturated heterocycles. The maximum atomic E-state index is 12.6. The molecule has 0 aliphatic carbocycles. The summed E-state index contributed by atoms with van der Waals surface area (Å²) in [6.07, 6.45) is -0.284. The maximum absolute atomic E-state index is 12.6. The smallest absolute Gasteiger partial charge is 0.437 e. The van der Waals surface area contributed by atoms with Crippen molar-refractivity contribution in [2.45, 2.75) is 60.5 Å². The lowest BCUT2D eigenvalue weighted by atomic mass is 10.0. The first-order valence-electron chi connectivity index (χ1n) is 8.65. The number of carbonyl (C=O) groups is 2. The van der Waals surface area contributed by atoms with E-state index in [1.807, 2.05) is 41.5 Å². The number of carbonyl (C=O) groups excluding carboxylic acids is 2. The third-order valence-electron chi connectivity index (χ3n) is 3.22. The lowest BCUT2D eigenvalue weighted by molar-refractivity contribution is 0.0864. The van der Waals surface area contributed by atoms with E-state index in [1.54, 1.807) is 0 Å². The summed E-state index contributed by atoms with van der Waals surface area (Å²) in [5.74, 6) is -0.988. The Morgan fingerprint density at radius 1 is 1.12 bits per heavy atom. The number of hydrogen-bond acceptors (Lipinski definition) is 6. The molecule has 8 heteroatoms. The second-order valence-corrected chi connectivity index (χ2v) is 7.43. The van der Waals surface area contributed by atoms with Crippen molar-refractivity contribution in [3.8, 4) is 0 Å². The summed E-state index contributed by atoms with van der Waals surface area (Å²) >= 11 is 0. The zero-order valence-electron chi connectivity index (χ0n) is 15.9. The Morgan fingerprint density at radius 2 is 1.76 bits per heavy atom. The molecule has 0 radical (unpaired) electrons. The summed E-state index contributed by atoms with van der Waals surface area (Å²) in [5, 5.41) is 6.50. The quantitative estimate of drug-likeness (QED) is 0.683. The fourth-order valence-corrected chi connectivity index (χ4v) is 2.15. The lowest BCUT2D eigenvalue weighted by Gasteiger charge is -2.18. The summed E-state index contributed by atoms with van der Waals surface area (Å²) < 4.78 is 11.2. The van der Waals surface area contributed by atoms with Gasteiger partial charge in [0.1, 0.15) is 6.04 Å². The minimum atomic E-state index is -0.856. The Bertz CT molecular complexity index is 630. The van der Waals surface area contributed by atoms with E-state index in [9.17, 15) is 14.4 Å². The van der Waals surface area contributed by atoms with E-state index in [0.29, 0.717) is 13.0 Å². The van der Waals surface area contributed by atoms with Gasteiger partial charge in [-0.25, -0.2) is 9.59 Å². The van der Waals surface area contributed by atoms with E-state index < -0.39 is 23.7 Å². The van der Waals surface area contributed by atoms with E-state index >= 15 is 0 Å². The number of nitrogens with one attached hydrogen (secondary N) is 1. The first-order chi connectivity index (χ1) is 11.6. The Morgan fingerprint density at radius 3 is 2.28 bits per heavy atom. The van der Waals surface area contributed by atoms with E-state index in [4.69, 9.17) is 9.15 Å². The van der Waals surface area contributed by atoms with Crippen LogP contribution in [-0.4, -0.2) is 34.3 Å². The van der Waals surface area contributed by atoms with Crippen LogP contribution in [0, 0.1) is 17.8 Å². The van der Waals surface area contributed by atoms with Gasteiger partial charge in [0.15, 0.2) is 0 Å². The van der Waals surface area contributed by atoms with Crippen LogP contribution in [0.5, 0.6) is 0 Å². The van der Waals surface area contributed by atoms with Crippen LogP contribution in [0.4, 0.5) is 4.79 Å². The highest BCUT2D eigenvalue weighted by Crippen LogP contribution is 2.10. The molecular weight excluding hydrogens is 326 g/mol. The highest BCUT2D eigenvalue weighted by atomic mass is 16.5. The van der Waals surface area contributed by atoms with Crippen LogP contribution in [0.2, 0.25) is 0 Å². The molecule has 0 spiro atoms. The third kappa shape index (κ3) is 7.11. The summed E-state index contributed by atoms with van der Waals surface area (Å²) in [4.78, 5) is 36.3. The average Bonchev–Trinajstić information content (AvgIpc) is 2.83. The zero-order valence-corrected chi connectivity index (χ0v) is 15.9. The van der Waals surface area contributed by atoms with Crippen LogP contribution in [0.25, 0.3) is 0 Å². The second-order valence-electron chi connectivity index (χ2n) is 7.43. The molecule has 0 saturated carbocycles. The molecule has 8 nitrogen and oxygen atoms in total. The van der Waals surface area contributed by atoms with Gasteiger partial charge in [-0.2, -0.15) is 4.68 Å². The Labute approximate surface area is 147 Å². The molecule has 25 heavy (non-hydrogen) atoms. The van der Waals surface area contributed by atoms with E-state index in [-0.39, 0.29) is 30.3 Å². The summed E-state index contributed by atoms with van der Waals surface area (Å²) in [6.45, 7) is 12.2. The van der Waals surface area contributed by atoms with Crippen LogP contribution in [-0.2, 0) is 11.3 Å². The first kappa shape index (κ1) is 20.9. The van der Waals surface area contributed by atoms with Gasteiger partial charge >= 0.3 is 11.8 Å². The number of ether oxygens (including phenoxy) is 1. The maximum Gasteiger partial charge on any atom is 0.437 e. The van der Waals surface area contributed by atoms with Crippen molar-refractivity contribution in [2.24, 2.45) is 17.8 Å². The molecule has 1 amide bonds. The molecule has 1 aromatic rings. The van der Waals surface area contributed by atoms with Gasteiger partial charge in [-0.3, -0.25) is 4.79 Å². The van der Waals surface area contributed by atoms with Crippen molar-refractivity contribution >= 4 is 11.9 Å². The number of nitrogens with zero attached hydrogens (tertiary/aromatic N) is 2. The number of alkyl carbamates (subject to hydrolysis) is 1. The second kappa shape index (κ2) is 9.39. The number of ketones is 1. The highest BCUT2D eigenvalue weighted by molar-refractivity contribution is 5.97. The monoisotopic (exact) mass is 355 g/mol.